The number of fused-ring (bicyclic) bond motifs is 1. The largest absolute Gasteiger partial charge is 0.378 e. The molecule has 1 aliphatic heterocycles. The van der Waals surface area contributed by atoms with Crippen LogP contribution in [0.25, 0.3) is 10.1 Å². The second-order valence-electron chi connectivity index (χ2n) is 5.25. The molecule has 1 aromatic carbocycles. The highest BCUT2D eigenvalue weighted by Crippen LogP contribution is 2.38. The monoisotopic (exact) mass is 275 g/mol. The van der Waals surface area contributed by atoms with Crippen molar-refractivity contribution in [1.82, 2.24) is 5.32 Å². The van der Waals surface area contributed by atoms with E-state index in [1.54, 1.807) is 0 Å². The van der Waals surface area contributed by atoms with E-state index in [0.29, 0.717) is 18.1 Å². The molecular formula is C16H21NOS. The van der Waals surface area contributed by atoms with Gasteiger partial charge in [0.15, 0.2) is 0 Å². The molecule has 3 atom stereocenters. The van der Waals surface area contributed by atoms with Crippen molar-refractivity contribution in [3.8, 4) is 0 Å². The maximum atomic E-state index is 5.77. The summed E-state index contributed by atoms with van der Waals surface area (Å²) in [6, 6.07) is 9.12. The fraction of sp³-hybridized carbons (Fsp3) is 0.500. The Morgan fingerprint density at radius 1 is 1.42 bits per heavy atom. The minimum atomic E-state index is 0.350. The van der Waals surface area contributed by atoms with Crippen LogP contribution in [0, 0.1) is 5.92 Å². The molecule has 0 bridgehead atoms. The predicted octanol–water partition coefficient (Wildman–Crippen LogP) is 3.98. The van der Waals surface area contributed by atoms with Crippen LogP contribution in [0.3, 0.4) is 0 Å². The Hall–Kier alpha value is -0.900. The zero-order valence-electron chi connectivity index (χ0n) is 11.6. The molecule has 2 heterocycles. The van der Waals surface area contributed by atoms with Crippen molar-refractivity contribution >= 4 is 21.4 Å². The molecule has 1 aliphatic rings. The van der Waals surface area contributed by atoms with Crippen LogP contribution in [0.1, 0.15) is 31.9 Å². The molecule has 3 rings (SSSR count). The highest BCUT2D eigenvalue weighted by molar-refractivity contribution is 7.17. The summed E-state index contributed by atoms with van der Waals surface area (Å²) in [5.41, 5.74) is 1.45. The summed E-state index contributed by atoms with van der Waals surface area (Å²) in [7, 11) is 0. The smallest absolute Gasteiger partial charge is 0.0594 e. The van der Waals surface area contributed by atoms with Gasteiger partial charge >= 0.3 is 0 Å². The first-order valence-electron chi connectivity index (χ1n) is 7.12. The second kappa shape index (κ2) is 5.61. The molecule has 1 saturated heterocycles. The molecule has 3 heteroatoms. The Morgan fingerprint density at radius 2 is 2.26 bits per heavy atom. The molecule has 0 spiro atoms. The second-order valence-corrected chi connectivity index (χ2v) is 6.16. The molecule has 2 nitrogen and oxygen atoms in total. The molecule has 1 aromatic heterocycles. The Kier molecular flexibility index (Phi) is 3.87. The number of thiophene rings is 1. The molecular weight excluding hydrogens is 254 g/mol. The van der Waals surface area contributed by atoms with Gasteiger partial charge in [0.05, 0.1) is 6.10 Å². The van der Waals surface area contributed by atoms with Crippen molar-refractivity contribution in [3.05, 3.63) is 35.2 Å². The Morgan fingerprint density at radius 3 is 3.00 bits per heavy atom. The van der Waals surface area contributed by atoms with Gasteiger partial charge in [0.1, 0.15) is 0 Å². The Bertz CT molecular complexity index is 550. The summed E-state index contributed by atoms with van der Waals surface area (Å²) in [5, 5.41) is 7.40. The van der Waals surface area contributed by atoms with E-state index in [0.717, 1.165) is 19.6 Å². The number of nitrogens with one attached hydrogen (secondary N) is 1. The summed E-state index contributed by atoms with van der Waals surface area (Å²) in [4.78, 5) is 0. The molecule has 3 unspecified atom stereocenters. The molecule has 1 N–H and O–H groups in total. The van der Waals surface area contributed by atoms with E-state index in [-0.39, 0.29) is 0 Å². The molecule has 102 valence electrons. The third-order valence-corrected chi connectivity index (χ3v) is 5.11. The lowest BCUT2D eigenvalue weighted by atomic mass is 9.88. The standard InChI is InChI=1S/C16H21NOS/c1-3-17-16(12-8-9-18-11(12)2)14-10-19-15-7-5-4-6-13(14)15/h4-7,10-12,16-17H,3,8-9H2,1-2H3. The predicted molar refractivity (Wildman–Crippen MR) is 81.8 cm³/mol. The number of ether oxygens (including phenoxy) is 1. The Balaban J connectivity index is 1.99. The van der Waals surface area contributed by atoms with Crippen molar-refractivity contribution in [3.63, 3.8) is 0 Å². The maximum absolute atomic E-state index is 5.77. The first-order valence-corrected chi connectivity index (χ1v) is 8.00. The Labute approximate surface area is 118 Å². The van der Waals surface area contributed by atoms with Crippen LogP contribution in [0.5, 0.6) is 0 Å². The van der Waals surface area contributed by atoms with Crippen LogP contribution in [0.2, 0.25) is 0 Å². The van der Waals surface area contributed by atoms with Crippen molar-refractivity contribution in [2.45, 2.75) is 32.4 Å². The van der Waals surface area contributed by atoms with Crippen molar-refractivity contribution in [2.75, 3.05) is 13.2 Å². The highest BCUT2D eigenvalue weighted by atomic mass is 32.1. The summed E-state index contributed by atoms with van der Waals surface area (Å²) < 4.78 is 7.15. The van der Waals surface area contributed by atoms with Crippen molar-refractivity contribution < 1.29 is 4.74 Å². The van der Waals surface area contributed by atoms with Crippen LogP contribution in [-0.4, -0.2) is 19.3 Å². The zero-order chi connectivity index (χ0) is 13.2. The van der Waals surface area contributed by atoms with Crippen LogP contribution in [0.4, 0.5) is 0 Å². The van der Waals surface area contributed by atoms with E-state index in [1.165, 1.54) is 15.6 Å². The third-order valence-electron chi connectivity index (χ3n) is 4.13. The van der Waals surface area contributed by atoms with Crippen LogP contribution < -0.4 is 5.32 Å². The van der Waals surface area contributed by atoms with E-state index in [4.69, 9.17) is 4.74 Å². The highest BCUT2D eigenvalue weighted by Gasteiger charge is 2.33. The number of rotatable bonds is 4. The molecule has 19 heavy (non-hydrogen) atoms. The SMILES string of the molecule is CCNC(c1csc2ccccc12)C1CCOC1C. The van der Waals surface area contributed by atoms with Gasteiger partial charge in [-0.3, -0.25) is 0 Å². The number of hydrogen-bond donors (Lipinski definition) is 1. The zero-order valence-corrected chi connectivity index (χ0v) is 12.4. The van der Waals surface area contributed by atoms with Gasteiger partial charge in [0.2, 0.25) is 0 Å². The lowest BCUT2D eigenvalue weighted by Gasteiger charge is -2.26. The van der Waals surface area contributed by atoms with Crippen LogP contribution in [-0.2, 0) is 4.74 Å². The van der Waals surface area contributed by atoms with Gasteiger partial charge in [-0.15, -0.1) is 11.3 Å². The van der Waals surface area contributed by atoms with Gasteiger partial charge < -0.3 is 10.1 Å². The van der Waals surface area contributed by atoms with Gasteiger partial charge in [-0.1, -0.05) is 25.1 Å². The number of benzene rings is 1. The normalized spacial score (nSPS) is 24.9. The lowest BCUT2D eigenvalue weighted by Crippen LogP contribution is -2.31. The van der Waals surface area contributed by atoms with Crippen molar-refractivity contribution in [1.29, 1.82) is 0 Å². The van der Waals surface area contributed by atoms with Gasteiger partial charge in [-0.05, 0) is 42.3 Å². The van der Waals surface area contributed by atoms with Gasteiger partial charge in [0.25, 0.3) is 0 Å². The average molecular weight is 275 g/mol. The first-order chi connectivity index (χ1) is 9.31. The average Bonchev–Trinajstić information content (AvgIpc) is 3.03. The minimum absolute atomic E-state index is 0.350. The fourth-order valence-electron chi connectivity index (χ4n) is 3.14. The lowest BCUT2D eigenvalue weighted by molar-refractivity contribution is 0.0958. The van der Waals surface area contributed by atoms with Gasteiger partial charge in [-0.25, -0.2) is 0 Å². The third kappa shape index (κ3) is 2.42. The van der Waals surface area contributed by atoms with Gasteiger partial charge in [-0.2, -0.15) is 0 Å². The fourth-order valence-corrected chi connectivity index (χ4v) is 4.13. The van der Waals surface area contributed by atoms with E-state index in [1.807, 2.05) is 11.3 Å². The summed E-state index contributed by atoms with van der Waals surface area (Å²) in [6.07, 6.45) is 1.51. The van der Waals surface area contributed by atoms with E-state index >= 15 is 0 Å². The molecule has 2 aromatic rings. The molecule has 0 amide bonds. The molecule has 0 radical (unpaired) electrons. The maximum Gasteiger partial charge on any atom is 0.0594 e. The summed E-state index contributed by atoms with van der Waals surface area (Å²) in [5.74, 6) is 0.581. The summed E-state index contributed by atoms with van der Waals surface area (Å²) in [6.45, 7) is 6.28. The van der Waals surface area contributed by atoms with Crippen molar-refractivity contribution in [2.24, 2.45) is 5.92 Å². The topological polar surface area (TPSA) is 21.3 Å². The van der Waals surface area contributed by atoms with E-state index in [2.05, 4.69) is 48.8 Å². The van der Waals surface area contributed by atoms with E-state index < -0.39 is 0 Å². The quantitative estimate of drug-likeness (QED) is 0.911. The van der Waals surface area contributed by atoms with Crippen LogP contribution >= 0.6 is 11.3 Å². The molecule has 0 aliphatic carbocycles. The minimum Gasteiger partial charge on any atom is -0.378 e. The van der Waals surface area contributed by atoms with E-state index in [9.17, 15) is 0 Å². The first kappa shape index (κ1) is 13.1. The number of hydrogen-bond acceptors (Lipinski definition) is 3. The van der Waals surface area contributed by atoms with Crippen LogP contribution in [0.15, 0.2) is 29.6 Å². The van der Waals surface area contributed by atoms with Gasteiger partial charge in [0, 0.05) is 23.3 Å². The molecule has 0 saturated carbocycles. The summed E-state index contributed by atoms with van der Waals surface area (Å²) >= 11 is 1.85. The molecule has 1 fully saturated rings.